The van der Waals surface area contributed by atoms with Gasteiger partial charge in [0.1, 0.15) is 0 Å². The maximum Gasteiger partial charge on any atom is 0.283 e. The predicted octanol–water partition coefficient (Wildman–Crippen LogP) is 4.64. The quantitative estimate of drug-likeness (QED) is 0.345. The molecule has 0 saturated carbocycles. The summed E-state index contributed by atoms with van der Waals surface area (Å²) >= 11 is 1.45. The van der Waals surface area contributed by atoms with Crippen LogP contribution in [0, 0.1) is 23.0 Å². The molecule has 0 unspecified atom stereocenters. The first-order valence-electron chi connectivity index (χ1n) is 10.8. The molecule has 0 spiro atoms. The van der Waals surface area contributed by atoms with Gasteiger partial charge in [-0.05, 0) is 49.3 Å². The van der Waals surface area contributed by atoms with E-state index < -0.39 is 4.92 Å². The van der Waals surface area contributed by atoms with Crippen LogP contribution in [-0.4, -0.2) is 58.5 Å². The molecule has 0 atom stereocenters. The van der Waals surface area contributed by atoms with Crippen molar-refractivity contribution >= 4 is 29.3 Å². The number of hydrogen-bond acceptors (Lipinski definition) is 5. The number of thioether (sulfide) groups is 1. The van der Waals surface area contributed by atoms with Crippen LogP contribution in [0.4, 0.5) is 5.69 Å². The number of nitro groups is 1. The molecule has 0 bridgehead atoms. The van der Waals surface area contributed by atoms with Gasteiger partial charge >= 0.3 is 0 Å². The van der Waals surface area contributed by atoms with Crippen LogP contribution in [-0.2, 0) is 0 Å². The van der Waals surface area contributed by atoms with Crippen molar-refractivity contribution in [3.63, 3.8) is 0 Å². The highest BCUT2D eigenvalue weighted by Gasteiger charge is 2.27. The molecule has 0 radical (unpaired) electrons. The molecular weight excluding hydrogens is 426 g/mol. The zero-order valence-electron chi connectivity index (χ0n) is 18.7. The molecule has 2 aromatic rings. The van der Waals surface area contributed by atoms with Gasteiger partial charge in [0, 0.05) is 43.4 Å². The first-order valence-corrected chi connectivity index (χ1v) is 11.8. The third-order valence-electron chi connectivity index (χ3n) is 5.51. The van der Waals surface area contributed by atoms with Crippen LogP contribution in [0.1, 0.15) is 46.5 Å². The molecule has 3 rings (SSSR count). The van der Waals surface area contributed by atoms with Crippen molar-refractivity contribution in [3.05, 3.63) is 69.3 Å². The van der Waals surface area contributed by atoms with Gasteiger partial charge in [0.15, 0.2) is 0 Å². The van der Waals surface area contributed by atoms with Crippen molar-refractivity contribution in [1.29, 1.82) is 0 Å². The summed E-state index contributed by atoms with van der Waals surface area (Å²) in [5.41, 5.74) is 2.01. The van der Waals surface area contributed by atoms with Crippen LogP contribution in [0.5, 0.6) is 0 Å². The third kappa shape index (κ3) is 5.88. The van der Waals surface area contributed by atoms with Gasteiger partial charge in [-0.15, -0.1) is 11.8 Å². The standard InChI is InChI=1S/C24H29N3O4S/c1-17(2)10-15-32-22-9-8-20(16-21(22)27(30)31)24(29)26-13-11-25(12-14-26)23(28)19-6-4-18(3)5-7-19/h4-9,16-17H,10-15H2,1-3H3. The lowest BCUT2D eigenvalue weighted by Gasteiger charge is -2.35. The Labute approximate surface area is 192 Å². The Morgan fingerprint density at radius 2 is 1.50 bits per heavy atom. The van der Waals surface area contributed by atoms with Gasteiger partial charge in [0.05, 0.1) is 9.82 Å². The minimum atomic E-state index is -0.424. The number of aryl methyl sites for hydroxylation is 1. The fraction of sp³-hybridized carbons (Fsp3) is 0.417. The molecule has 0 aliphatic carbocycles. The first-order chi connectivity index (χ1) is 15.3. The average Bonchev–Trinajstić information content (AvgIpc) is 2.78. The van der Waals surface area contributed by atoms with Gasteiger partial charge in [-0.1, -0.05) is 31.5 Å². The Kier molecular flexibility index (Phi) is 7.90. The Balaban J connectivity index is 1.64. The molecule has 2 amide bonds. The molecule has 170 valence electrons. The zero-order valence-corrected chi connectivity index (χ0v) is 19.6. The maximum atomic E-state index is 13.0. The highest BCUT2D eigenvalue weighted by molar-refractivity contribution is 7.99. The minimum Gasteiger partial charge on any atom is -0.335 e. The fourth-order valence-electron chi connectivity index (χ4n) is 3.49. The summed E-state index contributed by atoms with van der Waals surface area (Å²) in [5.74, 6) is 1.03. The Morgan fingerprint density at radius 1 is 0.969 bits per heavy atom. The van der Waals surface area contributed by atoms with Crippen molar-refractivity contribution in [3.8, 4) is 0 Å². The minimum absolute atomic E-state index is 0.0298. The number of nitrogens with zero attached hydrogens (tertiary/aromatic N) is 3. The number of benzene rings is 2. The van der Waals surface area contributed by atoms with Gasteiger partial charge in [0.25, 0.3) is 17.5 Å². The van der Waals surface area contributed by atoms with Crippen molar-refractivity contribution < 1.29 is 14.5 Å². The molecule has 1 aliphatic heterocycles. The third-order valence-corrected chi connectivity index (χ3v) is 6.60. The van der Waals surface area contributed by atoms with E-state index in [4.69, 9.17) is 0 Å². The molecular formula is C24H29N3O4S. The number of hydrogen-bond donors (Lipinski definition) is 0. The number of carbonyl (C=O) groups excluding carboxylic acids is 2. The van der Waals surface area contributed by atoms with E-state index in [1.165, 1.54) is 17.8 Å². The smallest absolute Gasteiger partial charge is 0.283 e. The molecule has 1 heterocycles. The van der Waals surface area contributed by atoms with E-state index in [1.54, 1.807) is 21.9 Å². The van der Waals surface area contributed by atoms with Crippen LogP contribution in [0.2, 0.25) is 0 Å². The SMILES string of the molecule is Cc1ccc(C(=O)N2CCN(C(=O)c3ccc(SCCC(C)C)c([N+](=O)[O-])c3)CC2)cc1. The first kappa shape index (κ1) is 23.8. The van der Waals surface area contributed by atoms with E-state index in [0.717, 1.165) is 17.7 Å². The van der Waals surface area contributed by atoms with Gasteiger partial charge in [-0.2, -0.15) is 0 Å². The summed E-state index contributed by atoms with van der Waals surface area (Å²) in [5, 5.41) is 11.6. The second-order valence-electron chi connectivity index (χ2n) is 8.42. The van der Waals surface area contributed by atoms with Crippen LogP contribution in [0.15, 0.2) is 47.4 Å². The normalized spacial score (nSPS) is 14.0. The van der Waals surface area contributed by atoms with Gasteiger partial charge < -0.3 is 9.80 Å². The van der Waals surface area contributed by atoms with Gasteiger partial charge in [-0.3, -0.25) is 19.7 Å². The summed E-state index contributed by atoms with van der Waals surface area (Å²) in [6, 6.07) is 12.2. The van der Waals surface area contributed by atoms with E-state index in [9.17, 15) is 19.7 Å². The Hall–Kier alpha value is -2.87. The Bertz CT molecular complexity index is 983. The number of rotatable bonds is 7. The molecule has 7 nitrogen and oxygen atoms in total. The van der Waals surface area contributed by atoms with Crippen molar-refractivity contribution in [2.24, 2.45) is 5.92 Å². The van der Waals surface area contributed by atoms with Gasteiger partial charge in [-0.25, -0.2) is 0 Å². The second kappa shape index (κ2) is 10.6. The lowest BCUT2D eigenvalue weighted by Crippen LogP contribution is -2.50. The second-order valence-corrected chi connectivity index (χ2v) is 9.56. The number of piperazine rings is 1. The van der Waals surface area contributed by atoms with Gasteiger partial charge in [0.2, 0.25) is 0 Å². The van der Waals surface area contributed by atoms with E-state index in [-0.39, 0.29) is 17.5 Å². The van der Waals surface area contributed by atoms with Crippen LogP contribution >= 0.6 is 11.8 Å². The van der Waals surface area contributed by atoms with Crippen LogP contribution in [0.3, 0.4) is 0 Å². The summed E-state index contributed by atoms with van der Waals surface area (Å²) in [7, 11) is 0. The summed E-state index contributed by atoms with van der Waals surface area (Å²) < 4.78 is 0. The van der Waals surface area contributed by atoms with Crippen LogP contribution < -0.4 is 0 Å². The van der Waals surface area contributed by atoms with E-state index in [2.05, 4.69) is 13.8 Å². The monoisotopic (exact) mass is 455 g/mol. The highest BCUT2D eigenvalue weighted by Crippen LogP contribution is 2.31. The average molecular weight is 456 g/mol. The van der Waals surface area contributed by atoms with Crippen molar-refractivity contribution in [1.82, 2.24) is 9.80 Å². The predicted molar refractivity (Wildman–Crippen MR) is 126 cm³/mol. The lowest BCUT2D eigenvalue weighted by atomic mass is 10.1. The molecule has 32 heavy (non-hydrogen) atoms. The van der Waals surface area contributed by atoms with Crippen molar-refractivity contribution in [2.75, 3.05) is 31.9 Å². The molecule has 1 saturated heterocycles. The molecule has 8 heteroatoms. The number of amides is 2. The summed E-state index contributed by atoms with van der Waals surface area (Å²) in [6.07, 6.45) is 0.966. The fourth-order valence-corrected chi connectivity index (χ4v) is 4.75. The number of nitro benzene ring substituents is 1. The molecule has 2 aromatic carbocycles. The molecule has 1 fully saturated rings. The lowest BCUT2D eigenvalue weighted by molar-refractivity contribution is -0.387. The summed E-state index contributed by atoms with van der Waals surface area (Å²) in [6.45, 7) is 7.87. The van der Waals surface area contributed by atoms with E-state index >= 15 is 0 Å². The maximum absolute atomic E-state index is 13.0. The molecule has 0 N–H and O–H groups in total. The molecule has 0 aromatic heterocycles. The number of carbonyl (C=O) groups is 2. The Morgan fingerprint density at radius 3 is 2.03 bits per heavy atom. The van der Waals surface area contributed by atoms with Crippen molar-refractivity contribution in [2.45, 2.75) is 32.1 Å². The summed E-state index contributed by atoms with van der Waals surface area (Å²) in [4.78, 5) is 40.8. The topological polar surface area (TPSA) is 83.8 Å². The van der Waals surface area contributed by atoms with E-state index in [0.29, 0.717) is 48.1 Å². The molecule has 1 aliphatic rings. The zero-order chi connectivity index (χ0) is 23.3. The van der Waals surface area contributed by atoms with Crippen LogP contribution in [0.25, 0.3) is 0 Å². The largest absolute Gasteiger partial charge is 0.335 e. The highest BCUT2D eigenvalue weighted by atomic mass is 32.2. The van der Waals surface area contributed by atoms with E-state index in [1.807, 2.05) is 31.2 Å².